The molecule has 0 spiro atoms. The van der Waals surface area contributed by atoms with Crippen LogP contribution >= 0.6 is 11.3 Å². The van der Waals surface area contributed by atoms with Crippen molar-refractivity contribution in [2.24, 2.45) is 5.41 Å². The van der Waals surface area contributed by atoms with Crippen molar-refractivity contribution in [3.05, 3.63) is 40.9 Å². The number of hydrogen-bond acceptors (Lipinski definition) is 8. The van der Waals surface area contributed by atoms with Crippen molar-refractivity contribution < 1.29 is 27.5 Å². The number of Topliss-reactive ketones (excluding diaryl/α,β-unsaturated/α-hetero) is 1. The summed E-state index contributed by atoms with van der Waals surface area (Å²) in [4.78, 5) is 42.8. The Bertz CT molecular complexity index is 1290. The summed E-state index contributed by atoms with van der Waals surface area (Å²) >= 11 is 1.03. The van der Waals surface area contributed by atoms with E-state index in [1.165, 1.54) is 24.3 Å². The molecule has 12 heteroatoms. The highest BCUT2D eigenvalue weighted by molar-refractivity contribution is 7.94. The summed E-state index contributed by atoms with van der Waals surface area (Å²) in [6, 6.07) is 4.41. The first-order valence-corrected chi connectivity index (χ1v) is 15.2. The number of rotatable bonds is 10. The summed E-state index contributed by atoms with van der Waals surface area (Å²) in [7, 11) is -3.83. The van der Waals surface area contributed by atoms with Crippen LogP contribution in [0.3, 0.4) is 0 Å². The second-order valence-corrected chi connectivity index (χ2v) is 13.1. The van der Waals surface area contributed by atoms with Crippen LogP contribution in [0.1, 0.15) is 68.4 Å². The Morgan fingerprint density at radius 2 is 1.89 bits per heavy atom. The van der Waals surface area contributed by atoms with E-state index < -0.39 is 33.9 Å². The predicted octanol–water partition coefficient (Wildman–Crippen LogP) is 3.18. The van der Waals surface area contributed by atoms with Gasteiger partial charge in [-0.05, 0) is 62.3 Å². The van der Waals surface area contributed by atoms with E-state index in [0.717, 1.165) is 37.0 Å². The predicted molar refractivity (Wildman–Crippen MR) is 144 cm³/mol. The van der Waals surface area contributed by atoms with Gasteiger partial charge >= 0.3 is 0 Å². The van der Waals surface area contributed by atoms with Gasteiger partial charge in [0.25, 0.3) is 15.9 Å². The largest absolute Gasteiger partial charge is 0.368 e. The van der Waals surface area contributed by atoms with Crippen molar-refractivity contribution >= 4 is 44.6 Å². The maximum absolute atomic E-state index is 13.3. The third kappa shape index (κ3) is 6.59. The molecule has 10 nitrogen and oxygen atoms in total. The zero-order chi connectivity index (χ0) is 27.5. The number of carbonyl (C=O) groups excluding carboxylic acids is 3. The third-order valence-electron chi connectivity index (χ3n) is 7.21. The van der Waals surface area contributed by atoms with Gasteiger partial charge in [0.2, 0.25) is 10.2 Å². The zero-order valence-corrected chi connectivity index (χ0v) is 23.4. The molecular formula is C26H34N4O6S2. The number of nitrogens with one attached hydrogen (secondary N) is 3. The molecule has 3 atom stereocenters. The van der Waals surface area contributed by atoms with Gasteiger partial charge in [-0.3, -0.25) is 19.1 Å². The van der Waals surface area contributed by atoms with Gasteiger partial charge < -0.3 is 15.4 Å². The maximum Gasteiger partial charge on any atom is 0.289 e. The van der Waals surface area contributed by atoms with Crippen LogP contribution in [0.2, 0.25) is 0 Å². The summed E-state index contributed by atoms with van der Waals surface area (Å²) in [6.07, 6.45) is 4.73. The SMILES string of the molecule is CC[C@@H]1OCC(=O)[C@H]1NC(=O)[C@H](CC1(C)CCCC1)NC(=O)c1ccc(NS(=O)(=O)c2nc(C)cs2)cc1. The maximum atomic E-state index is 13.3. The summed E-state index contributed by atoms with van der Waals surface area (Å²) < 4.78 is 33.0. The molecule has 1 aliphatic carbocycles. The highest BCUT2D eigenvalue weighted by atomic mass is 32.2. The lowest BCUT2D eigenvalue weighted by Crippen LogP contribution is -2.54. The van der Waals surface area contributed by atoms with E-state index in [4.69, 9.17) is 4.74 Å². The highest BCUT2D eigenvalue weighted by Gasteiger charge is 2.40. The number of benzene rings is 1. The number of ketones is 1. The van der Waals surface area contributed by atoms with Crippen LogP contribution in [0.25, 0.3) is 0 Å². The lowest BCUT2D eigenvalue weighted by atomic mass is 9.81. The van der Waals surface area contributed by atoms with E-state index in [2.05, 4.69) is 27.3 Å². The van der Waals surface area contributed by atoms with E-state index >= 15 is 0 Å². The van der Waals surface area contributed by atoms with Crippen molar-refractivity contribution in [1.29, 1.82) is 0 Å². The lowest BCUT2D eigenvalue weighted by molar-refractivity contribution is -0.128. The molecule has 0 bridgehead atoms. The summed E-state index contributed by atoms with van der Waals surface area (Å²) in [5, 5.41) is 7.32. The Hall–Kier alpha value is -2.83. The van der Waals surface area contributed by atoms with Crippen molar-refractivity contribution in [3.8, 4) is 0 Å². The number of anilines is 1. The van der Waals surface area contributed by atoms with Gasteiger partial charge in [-0.2, -0.15) is 8.42 Å². The average molecular weight is 563 g/mol. The molecule has 38 heavy (non-hydrogen) atoms. The second-order valence-electron chi connectivity index (χ2n) is 10.4. The van der Waals surface area contributed by atoms with Gasteiger partial charge in [0, 0.05) is 22.3 Å². The first-order chi connectivity index (χ1) is 18.0. The molecule has 2 amide bonds. The van der Waals surface area contributed by atoms with E-state index in [-0.39, 0.29) is 39.5 Å². The number of nitrogens with zero attached hydrogens (tertiary/aromatic N) is 1. The molecule has 1 saturated carbocycles. The molecule has 2 heterocycles. The fourth-order valence-electron chi connectivity index (χ4n) is 5.08. The van der Waals surface area contributed by atoms with Crippen molar-refractivity contribution in [2.45, 2.75) is 81.8 Å². The quantitative estimate of drug-likeness (QED) is 0.403. The number of aryl methyl sites for hydroxylation is 1. The van der Waals surface area contributed by atoms with E-state index in [1.807, 2.05) is 6.92 Å². The molecule has 1 saturated heterocycles. The van der Waals surface area contributed by atoms with Crippen molar-refractivity contribution in [2.75, 3.05) is 11.3 Å². The molecule has 3 N–H and O–H groups in total. The summed E-state index contributed by atoms with van der Waals surface area (Å²) in [6.45, 7) is 5.69. The van der Waals surface area contributed by atoms with Gasteiger partial charge in [-0.15, -0.1) is 11.3 Å². The molecule has 4 rings (SSSR count). The molecule has 0 radical (unpaired) electrons. The summed E-state index contributed by atoms with van der Waals surface area (Å²) in [5.41, 5.74) is 1.08. The first-order valence-electron chi connectivity index (χ1n) is 12.8. The number of hydrogen-bond donors (Lipinski definition) is 3. The van der Waals surface area contributed by atoms with Gasteiger partial charge in [-0.25, -0.2) is 4.98 Å². The number of amides is 2. The molecule has 2 aliphatic rings. The lowest BCUT2D eigenvalue weighted by Gasteiger charge is -2.30. The van der Waals surface area contributed by atoms with Crippen LogP contribution in [-0.2, 0) is 24.3 Å². The fraction of sp³-hybridized carbons (Fsp3) is 0.538. The fourth-order valence-corrected chi connectivity index (χ4v) is 7.18. The third-order valence-corrected chi connectivity index (χ3v) is 9.97. The summed E-state index contributed by atoms with van der Waals surface area (Å²) in [5.74, 6) is -1.04. The van der Waals surface area contributed by atoms with E-state index in [1.54, 1.807) is 12.3 Å². The molecule has 1 aliphatic heterocycles. The van der Waals surface area contributed by atoms with Crippen molar-refractivity contribution in [1.82, 2.24) is 15.6 Å². The van der Waals surface area contributed by atoms with Gasteiger partial charge in [-0.1, -0.05) is 26.7 Å². The minimum Gasteiger partial charge on any atom is -0.368 e. The average Bonchev–Trinajstić information content (AvgIpc) is 3.60. The Labute approximate surface area is 227 Å². The second kappa shape index (κ2) is 11.5. The number of sulfonamides is 1. The molecule has 2 fully saturated rings. The van der Waals surface area contributed by atoms with Gasteiger partial charge in [0.05, 0.1) is 6.10 Å². The van der Waals surface area contributed by atoms with Crippen LogP contribution in [0, 0.1) is 12.3 Å². The molecule has 206 valence electrons. The van der Waals surface area contributed by atoms with Crippen LogP contribution in [-0.4, -0.2) is 55.8 Å². The molecule has 1 aromatic heterocycles. The number of thiazole rings is 1. The Balaban J connectivity index is 1.46. The van der Waals surface area contributed by atoms with Crippen LogP contribution < -0.4 is 15.4 Å². The molecular weight excluding hydrogens is 528 g/mol. The Morgan fingerprint density at radius 3 is 2.50 bits per heavy atom. The van der Waals surface area contributed by atoms with Gasteiger partial charge in [0.15, 0.2) is 5.78 Å². The molecule has 2 aromatic rings. The minimum absolute atomic E-state index is 0.0313. The van der Waals surface area contributed by atoms with Crippen LogP contribution in [0.5, 0.6) is 0 Å². The number of aromatic nitrogens is 1. The smallest absolute Gasteiger partial charge is 0.289 e. The molecule has 1 aromatic carbocycles. The van der Waals surface area contributed by atoms with E-state index in [9.17, 15) is 22.8 Å². The van der Waals surface area contributed by atoms with Gasteiger partial charge in [0.1, 0.15) is 18.7 Å². The monoisotopic (exact) mass is 562 g/mol. The molecule has 0 unspecified atom stereocenters. The Morgan fingerprint density at radius 1 is 1.21 bits per heavy atom. The number of carbonyl (C=O) groups is 3. The minimum atomic E-state index is -3.83. The standard InChI is InChI=1S/C26H34N4O6S2/c1-4-21-22(20(31)14-36-21)29-24(33)19(13-26(3)11-5-6-12-26)28-23(32)17-7-9-18(10-8-17)30-38(34,35)25-27-16(2)15-37-25/h7-10,15,19,21-22,30H,4-6,11-14H2,1-3H3,(H,28,32)(H,29,33)/t19-,21-,22+/m0/s1. The Kier molecular flexibility index (Phi) is 8.53. The van der Waals surface area contributed by atoms with Crippen molar-refractivity contribution in [3.63, 3.8) is 0 Å². The zero-order valence-electron chi connectivity index (χ0n) is 21.8. The normalized spacial score (nSPS) is 21.7. The first kappa shape index (κ1) is 28.2. The number of ether oxygens (including phenoxy) is 1. The van der Waals surface area contributed by atoms with Crippen LogP contribution in [0.15, 0.2) is 34.0 Å². The van der Waals surface area contributed by atoms with E-state index in [0.29, 0.717) is 18.5 Å². The topological polar surface area (TPSA) is 144 Å². The van der Waals surface area contributed by atoms with Crippen LogP contribution in [0.4, 0.5) is 5.69 Å². The highest BCUT2D eigenvalue weighted by Crippen LogP contribution is 2.41.